The second-order valence-corrected chi connectivity index (χ2v) is 4.41. The lowest BCUT2D eigenvalue weighted by Crippen LogP contribution is -2.05. The van der Waals surface area contributed by atoms with E-state index in [-0.39, 0.29) is 5.82 Å². The molecule has 2 heterocycles. The van der Waals surface area contributed by atoms with E-state index in [4.69, 9.17) is 0 Å². The van der Waals surface area contributed by atoms with Gasteiger partial charge < -0.3 is 0 Å². The Morgan fingerprint density at radius 2 is 1.90 bits per heavy atom. The minimum absolute atomic E-state index is 0.283. The number of hydrogen-bond acceptors (Lipinski definition) is 3. The molecule has 0 unspecified atom stereocenters. The summed E-state index contributed by atoms with van der Waals surface area (Å²) in [6.45, 7) is 1.85. The van der Waals surface area contributed by atoms with Crippen LogP contribution in [0.3, 0.4) is 0 Å². The van der Waals surface area contributed by atoms with Gasteiger partial charge in [-0.1, -0.05) is 12.1 Å². The second-order valence-electron chi connectivity index (χ2n) is 4.41. The number of halogens is 3. The number of benzene rings is 1. The van der Waals surface area contributed by atoms with E-state index in [1.807, 2.05) is 6.92 Å². The fourth-order valence-corrected chi connectivity index (χ4v) is 1.90. The van der Waals surface area contributed by atoms with Crippen molar-refractivity contribution >= 4 is 5.65 Å². The lowest BCUT2D eigenvalue weighted by molar-refractivity contribution is -0.137. The predicted molar refractivity (Wildman–Crippen MR) is 66.0 cm³/mol. The molecule has 3 aromatic rings. The minimum Gasteiger partial charge on any atom is -0.193 e. The monoisotopic (exact) mass is 278 g/mol. The summed E-state index contributed by atoms with van der Waals surface area (Å²) in [6, 6.07) is 6.71. The Hall–Kier alpha value is -2.44. The van der Waals surface area contributed by atoms with Gasteiger partial charge in [-0.25, -0.2) is 0 Å². The molecular weight excluding hydrogens is 269 g/mol. The number of aryl methyl sites for hydroxylation is 1. The summed E-state index contributed by atoms with van der Waals surface area (Å²) in [5.74, 6) is 0.283. The molecule has 2 aromatic heterocycles. The minimum atomic E-state index is -4.39. The molecule has 0 saturated carbocycles. The van der Waals surface area contributed by atoms with E-state index in [1.54, 1.807) is 18.3 Å². The van der Waals surface area contributed by atoms with Crippen LogP contribution in [-0.2, 0) is 6.18 Å². The maximum absolute atomic E-state index is 12.7. The molecule has 0 bridgehead atoms. The lowest BCUT2D eigenvalue weighted by Gasteiger charge is -2.07. The van der Waals surface area contributed by atoms with Gasteiger partial charge in [0.1, 0.15) is 0 Å². The summed E-state index contributed by atoms with van der Waals surface area (Å²) in [4.78, 5) is 0. The SMILES string of the molecule is Cc1cnn2c(-c3cccc(C(F)(F)F)c3)nnc2c1. The van der Waals surface area contributed by atoms with Crippen molar-refractivity contribution in [3.8, 4) is 11.4 Å². The van der Waals surface area contributed by atoms with Crippen LogP contribution < -0.4 is 0 Å². The Bertz CT molecular complexity index is 777. The van der Waals surface area contributed by atoms with Crippen LogP contribution in [0.15, 0.2) is 36.5 Å². The molecule has 0 fully saturated rings. The van der Waals surface area contributed by atoms with E-state index in [0.717, 1.165) is 17.7 Å². The second kappa shape index (κ2) is 4.29. The molecule has 0 spiro atoms. The third-order valence-corrected chi connectivity index (χ3v) is 2.85. The van der Waals surface area contributed by atoms with E-state index in [9.17, 15) is 13.2 Å². The van der Waals surface area contributed by atoms with Crippen molar-refractivity contribution in [2.24, 2.45) is 0 Å². The largest absolute Gasteiger partial charge is 0.416 e. The number of nitrogens with zero attached hydrogens (tertiary/aromatic N) is 4. The van der Waals surface area contributed by atoms with Crippen molar-refractivity contribution < 1.29 is 13.2 Å². The fourth-order valence-electron chi connectivity index (χ4n) is 1.90. The number of alkyl halides is 3. The van der Waals surface area contributed by atoms with Crippen LogP contribution in [0.25, 0.3) is 17.0 Å². The predicted octanol–water partition coefficient (Wildman–Crippen LogP) is 3.12. The van der Waals surface area contributed by atoms with Crippen LogP contribution in [0.5, 0.6) is 0 Å². The highest BCUT2D eigenvalue weighted by atomic mass is 19.4. The first-order valence-electron chi connectivity index (χ1n) is 5.81. The number of aromatic nitrogens is 4. The van der Waals surface area contributed by atoms with E-state index < -0.39 is 11.7 Å². The third-order valence-electron chi connectivity index (χ3n) is 2.85. The van der Waals surface area contributed by atoms with Crippen molar-refractivity contribution in [2.75, 3.05) is 0 Å². The van der Waals surface area contributed by atoms with Crippen molar-refractivity contribution in [3.63, 3.8) is 0 Å². The van der Waals surface area contributed by atoms with E-state index in [0.29, 0.717) is 11.2 Å². The molecular formula is C13H9F3N4. The molecule has 7 heteroatoms. The molecule has 0 atom stereocenters. The summed E-state index contributed by atoms with van der Waals surface area (Å²) in [6.07, 6.45) is -2.78. The molecule has 20 heavy (non-hydrogen) atoms. The molecule has 3 rings (SSSR count). The summed E-state index contributed by atoms with van der Waals surface area (Å²) in [5.41, 5.74) is 1.00. The van der Waals surface area contributed by atoms with Gasteiger partial charge in [0, 0.05) is 5.56 Å². The van der Waals surface area contributed by atoms with Gasteiger partial charge in [-0.15, -0.1) is 10.2 Å². The molecule has 0 amide bonds. The number of rotatable bonds is 1. The normalized spacial score (nSPS) is 12.0. The van der Waals surface area contributed by atoms with Gasteiger partial charge in [-0.3, -0.25) is 0 Å². The topological polar surface area (TPSA) is 43.1 Å². The Morgan fingerprint density at radius 3 is 2.65 bits per heavy atom. The van der Waals surface area contributed by atoms with Gasteiger partial charge >= 0.3 is 6.18 Å². The zero-order valence-electron chi connectivity index (χ0n) is 10.4. The van der Waals surface area contributed by atoms with E-state index in [2.05, 4.69) is 15.3 Å². The van der Waals surface area contributed by atoms with E-state index >= 15 is 0 Å². The molecule has 1 aromatic carbocycles. The molecule has 0 saturated heterocycles. The van der Waals surface area contributed by atoms with Gasteiger partial charge in [-0.2, -0.15) is 22.8 Å². The standard InChI is InChI=1S/C13H9F3N4/c1-8-5-11-18-19-12(20(11)17-7-8)9-3-2-4-10(6-9)13(14,15)16/h2-7H,1H3. The zero-order valence-corrected chi connectivity index (χ0v) is 10.4. The van der Waals surface area contributed by atoms with Crippen LogP contribution in [0.4, 0.5) is 13.2 Å². The quantitative estimate of drug-likeness (QED) is 0.687. The highest BCUT2D eigenvalue weighted by Crippen LogP contribution is 2.31. The molecule has 0 N–H and O–H groups in total. The lowest BCUT2D eigenvalue weighted by atomic mass is 10.1. The number of fused-ring (bicyclic) bond motifs is 1. The van der Waals surface area contributed by atoms with Crippen molar-refractivity contribution in [3.05, 3.63) is 47.7 Å². The fraction of sp³-hybridized carbons (Fsp3) is 0.154. The molecule has 4 nitrogen and oxygen atoms in total. The molecule has 0 aliphatic carbocycles. The summed E-state index contributed by atoms with van der Waals surface area (Å²) < 4.78 is 39.6. The summed E-state index contributed by atoms with van der Waals surface area (Å²) in [7, 11) is 0. The van der Waals surface area contributed by atoms with Crippen LogP contribution in [0, 0.1) is 6.92 Å². The average Bonchev–Trinajstić information content (AvgIpc) is 2.80. The van der Waals surface area contributed by atoms with Gasteiger partial charge in [0.05, 0.1) is 11.8 Å². The Labute approximate surface area is 111 Å². The third kappa shape index (κ3) is 2.11. The number of hydrogen-bond donors (Lipinski definition) is 0. The van der Waals surface area contributed by atoms with Crippen molar-refractivity contribution in [2.45, 2.75) is 13.1 Å². The smallest absolute Gasteiger partial charge is 0.193 e. The van der Waals surface area contributed by atoms with Gasteiger partial charge in [0.15, 0.2) is 11.5 Å². The average molecular weight is 278 g/mol. The maximum atomic E-state index is 12.7. The van der Waals surface area contributed by atoms with Crippen LogP contribution >= 0.6 is 0 Å². The van der Waals surface area contributed by atoms with Crippen LogP contribution in [0.2, 0.25) is 0 Å². The zero-order chi connectivity index (χ0) is 14.3. The highest BCUT2D eigenvalue weighted by Gasteiger charge is 2.30. The summed E-state index contributed by atoms with van der Waals surface area (Å²) in [5, 5.41) is 11.9. The van der Waals surface area contributed by atoms with Crippen molar-refractivity contribution in [1.82, 2.24) is 19.8 Å². The highest BCUT2D eigenvalue weighted by molar-refractivity contribution is 5.60. The molecule has 0 aliphatic heterocycles. The Kier molecular flexibility index (Phi) is 2.70. The molecule has 0 aliphatic rings. The molecule has 0 radical (unpaired) electrons. The van der Waals surface area contributed by atoms with Gasteiger partial charge in [0.25, 0.3) is 0 Å². The Balaban J connectivity index is 2.16. The Morgan fingerprint density at radius 1 is 1.10 bits per heavy atom. The van der Waals surface area contributed by atoms with Gasteiger partial charge in [-0.05, 0) is 30.7 Å². The van der Waals surface area contributed by atoms with Crippen molar-refractivity contribution in [1.29, 1.82) is 0 Å². The maximum Gasteiger partial charge on any atom is 0.416 e. The first-order chi connectivity index (χ1) is 9.45. The van der Waals surface area contributed by atoms with E-state index in [1.165, 1.54) is 10.6 Å². The van der Waals surface area contributed by atoms with Gasteiger partial charge in [0.2, 0.25) is 0 Å². The van der Waals surface area contributed by atoms with Crippen LogP contribution in [-0.4, -0.2) is 19.8 Å². The molecule has 102 valence electrons. The summed E-state index contributed by atoms with van der Waals surface area (Å²) >= 11 is 0. The van der Waals surface area contributed by atoms with Crippen LogP contribution in [0.1, 0.15) is 11.1 Å². The first kappa shape index (κ1) is 12.6. The first-order valence-corrected chi connectivity index (χ1v) is 5.81.